The van der Waals surface area contributed by atoms with Crippen LogP contribution in [0.3, 0.4) is 0 Å². The molecule has 0 fully saturated rings. The molecule has 0 aromatic heterocycles. The van der Waals surface area contributed by atoms with Gasteiger partial charge in [-0.05, 0) is 6.42 Å². The van der Waals surface area contributed by atoms with Crippen molar-refractivity contribution in [3.8, 4) is 0 Å². The SMILES string of the molecule is S=[PH](S)OC1C=CC=CC1. The lowest BCUT2D eigenvalue weighted by Crippen LogP contribution is -2.04. The van der Waals surface area contributed by atoms with Crippen LogP contribution >= 0.6 is 18.4 Å². The van der Waals surface area contributed by atoms with Crippen LogP contribution < -0.4 is 0 Å². The first-order valence-electron chi connectivity index (χ1n) is 3.02. The number of thiol groups is 1. The van der Waals surface area contributed by atoms with Gasteiger partial charge < -0.3 is 4.52 Å². The van der Waals surface area contributed by atoms with Crippen LogP contribution in [0.2, 0.25) is 0 Å². The van der Waals surface area contributed by atoms with Crippen LogP contribution in [0.15, 0.2) is 24.3 Å². The van der Waals surface area contributed by atoms with E-state index in [4.69, 9.17) is 16.3 Å². The highest BCUT2D eigenvalue weighted by atomic mass is 32.9. The van der Waals surface area contributed by atoms with Crippen molar-refractivity contribution < 1.29 is 4.52 Å². The first kappa shape index (κ1) is 8.54. The highest BCUT2D eigenvalue weighted by molar-refractivity contribution is 8.54. The minimum atomic E-state index is -1.24. The standard InChI is InChI=1S/C6H9OPS2/c9-8(10)7-6-4-2-1-3-5-6/h1-4,6,8H,5H2,(H,9,10). The zero-order valence-corrected chi connectivity index (χ0v) is 8.07. The molecule has 0 aromatic carbocycles. The Morgan fingerprint density at radius 2 is 2.40 bits per heavy atom. The summed E-state index contributed by atoms with van der Waals surface area (Å²) in [5, 5.41) is 0. The smallest absolute Gasteiger partial charge is 0.105 e. The molecular weight excluding hydrogens is 183 g/mol. The third kappa shape index (κ3) is 3.02. The number of rotatable bonds is 2. The molecule has 0 bridgehead atoms. The predicted molar refractivity (Wildman–Crippen MR) is 52.4 cm³/mol. The summed E-state index contributed by atoms with van der Waals surface area (Å²) in [5.41, 5.74) is 0. The van der Waals surface area contributed by atoms with Gasteiger partial charge in [0, 0.05) is 0 Å². The molecule has 2 atom stereocenters. The van der Waals surface area contributed by atoms with Crippen LogP contribution in [-0.2, 0) is 16.3 Å². The van der Waals surface area contributed by atoms with Gasteiger partial charge in [0.05, 0.1) is 6.10 Å². The highest BCUT2D eigenvalue weighted by Gasteiger charge is 2.04. The maximum atomic E-state index is 5.33. The third-order valence-corrected chi connectivity index (χ3v) is 2.30. The Kier molecular flexibility index (Phi) is 3.71. The molecule has 0 heterocycles. The summed E-state index contributed by atoms with van der Waals surface area (Å²) >= 11 is 8.89. The Labute approximate surface area is 71.8 Å². The fourth-order valence-corrected chi connectivity index (χ4v) is 1.99. The minimum absolute atomic E-state index is 0.175. The second kappa shape index (κ2) is 4.35. The molecule has 10 heavy (non-hydrogen) atoms. The summed E-state index contributed by atoms with van der Waals surface area (Å²) in [7, 11) is 0. The monoisotopic (exact) mass is 192 g/mol. The Morgan fingerprint density at radius 3 is 2.90 bits per heavy atom. The quantitative estimate of drug-likeness (QED) is 0.531. The van der Waals surface area contributed by atoms with Crippen molar-refractivity contribution >= 4 is 30.2 Å². The molecule has 1 nitrogen and oxygen atoms in total. The van der Waals surface area contributed by atoms with Gasteiger partial charge in [0.1, 0.15) is 6.13 Å². The average Bonchev–Trinajstić information content (AvgIpc) is 1.88. The van der Waals surface area contributed by atoms with Crippen LogP contribution in [0.5, 0.6) is 0 Å². The Hall–Kier alpha value is 0.440. The van der Waals surface area contributed by atoms with E-state index in [1.54, 1.807) is 0 Å². The van der Waals surface area contributed by atoms with Crippen molar-refractivity contribution in [3.63, 3.8) is 0 Å². The summed E-state index contributed by atoms with van der Waals surface area (Å²) in [6, 6.07) is 0. The molecule has 0 saturated heterocycles. The largest absolute Gasteiger partial charge is 0.337 e. The van der Waals surface area contributed by atoms with Gasteiger partial charge in [0.25, 0.3) is 0 Å². The molecule has 2 unspecified atom stereocenters. The topological polar surface area (TPSA) is 9.23 Å². The first-order valence-corrected chi connectivity index (χ1v) is 6.85. The number of hydrogen-bond acceptors (Lipinski definition) is 2. The van der Waals surface area contributed by atoms with Crippen LogP contribution in [0.4, 0.5) is 0 Å². The summed E-state index contributed by atoms with van der Waals surface area (Å²) in [5.74, 6) is 0. The molecule has 0 aromatic rings. The Balaban J connectivity index is 2.37. The molecule has 0 amide bonds. The molecule has 0 radical (unpaired) electrons. The molecule has 0 N–H and O–H groups in total. The maximum absolute atomic E-state index is 5.33. The molecule has 0 saturated carbocycles. The fraction of sp³-hybridized carbons (Fsp3) is 0.333. The second-order valence-electron chi connectivity index (χ2n) is 1.97. The lowest BCUT2D eigenvalue weighted by atomic mass is 10.1. The van der Waals surface area contributed by atoms with E-state index in [1.165, 1.54) is 0 Å². The van der Waals surface area contributed by atoms with Crippen LogP contribution in [0.25, 0.3) is 0 Å². The van der Waals surface area contributed by atoms with E-state index in [0.29, 0.717) is 0 Å². The summed E-state index contributed by atoms with van der Waals surface area (Å²) in [4.78, 5) is 0. The molecule has 1 aliphatic rings. The van der Waals surface area contributed by atoms with Crippen molar-refractivity contribution in [2.45, 2.75) is 12.5 Å². The van der Waals surface area contributed by atoms with E-state index < -0.39 is 6.13 Å². The van der Waals surface area contributed by atoms with Gasteiger partial charge in [-0.25, -0.2) is 0 Å². The summed E-state index contributed by atoms with van der Waals surface area (Å²) < 4.78 is 5.33. The van der Waals surface area contributed by atoms with E-state index in [9.17, 15) is 0 Å². The van der Waals surface area contributed by atoms with Crippen LogP contribution in [-0.4, -0.2) is 6.10 Å². The van der Waals surface area contributed by atoms with Crippen molar-refractivity contribution in [1.29, 1.82) is 0 Å². The van der Waals surface area contributed by atoms with Crippen molar-refractivity contribution in [2.24, 2.45) is 0 Å². The first-order chi connectivity index (χ1) is 4.79. The molecule has 1 rings (SSSR count). The van der Waals surface area contributed by atoms with Crippen LogP contribution in [0.1, 0.15) is 6.42 Å². The molecule has 1 aliphatic carbocycles. The van der Waals surface area contributed by atoms with E-state index in [1.807, 2.05) is 18.2 Å². The van der Waals surface area contributed by atoms with Crippen molar-refractivity contribution in [3.05, 3.63) is 24.3 Å². The van der Waals surface area contributed by atoms with E-state index in [2.05, 4.69) is 18.3 Å². The average molecular weight is 192 g/mol. The Morgan fingerprint density at radius 1 is 1.60 bits per heavy atom. The van der Waals surface area contributed by atoms with E-state index in [-0.39, 0.29) is 6.10 Å². The molecule has 0 spiro atoms. The lowest BCUT2D eigenvalue weighted by Gasteiger charge is -2.12. The number of allylic oxidation sites excluding steroid dienone is 2. The molecule has 56 valence electrons. The minimum Gasteiger partial charge on any atom is -0.337 e. The molecule has 0 aliphatic heterocycles. The van der Waals surface area contributed by atoms with E-state index in [0.717, 1.165) is 6.42 Å². The summed E-state index contributed by atoms with van der Waals surface area (Å²) in [6.07, 6.45) is 7.92. The molecule has 4 heteroatoms. The van der Waals surface area contributed by atoms with Crippen LogP contribution in [0, 0.1) is 0 Å². The normalized spacial score (nSPS) is 26.7. The van der Waals surface area contributed by atoms with Gasteiger partial charge in [-0.1, -0.05) is 36.1 Å². The van der Waals surface area contributed by atoms with Crippen molar-refractivity contribution in [1.82, 2.24) is 0 Å². The van der Waals surface area contributed by atoms with Gasteiger partial charge >= 0.3 is 0 Å². The maximum Gasteiger partial charge on any atom is 0.105 e. The zero-order valence-electron chi connectivity index (χ0n) is 5.36. The van der Waals surface area contributed by atoms with Gasteiger partial charge in [-0.15, -0.1) is 12.2 Å². The molecular formula is C6H9OPS2. The van der Waals surface area contributed by atoms with E-state index >= 15 is 0 Å². The Bertz CT molecular complexity index is 188. The van der Waals surface area contributed by atoms with Gasteiger partial charge in [0.2, 0.25) is 0 Å². The number of hydrogen-bond donors (Lipinski definition) is 1. The fourth-order valence-electron chi connectivity index (χ4n) is 0.775. The van der Waals surface area contributed by atoms with Gasteiger partial charge in [-0.2, -0.15) is 0 Å². The van der Waals surface area contributed by atoms with Gasteiger partial charge in [0.15, 0.2) is 0 Å². The third-order valence-electron chi connectivity index (χ3n) is 1.19. The zero-order chi connectivity index (χ0) is 7.40. The van der Waals surface area contributed by atoms with Gasteiger partial charge in [-0.3, -0.25) is 0 Å². The second-order valence-corrected chi connectivity index (χ2v) is 5.98. The lowest BCUT2D eigenvalue weighted by molar-refractivity contribution is 0.294. The van der Waals surface area contributed by atoms with Crippen molar-refractivity contribution in [2.75, 3.05) is 0 Å². The predicted octanol–water partition coefficient (Wildman–Crippen LogP) is 2.32. The highest BCUT2D eigenvalue weighted by Crippen LogP contribution is 2.31. The summed E-state index contributed by atoms with van der Waals surface area (Å²) in [6.45, 7) is 0.